The molecule has 2 aromatic heterocycles. The van der Waals surface area contributed by atoms with Gasteiger partial charge in [0, 0.05) is 36.7 Å². The van der Waals surface area contributed by atoms with Crippen molar-refractivity contribution in [2.75, 3.05) is 25.1 Å². The van der Waals surface area contributed by atoms with Crippen molar-refractivity contribution in [3.63, 3.8) is 0 Å². The number of carbonyl (C=O) groups excluding carboxylic acids is 1. The van der Waals surface area contributed by atoms with E-state index in [2.05, 4.69) is 24.7 Å². The van der Waals surface area contributed by atoms with Gasteiger partial charge in [-0.3, -0.25) is 4.68 Å². The number of methoxy groups -OCH3 is 1. The van der Waals surface area contributed by atoms with Crippen molar-refractivity contribution in [1.29, 1.82) is 0 Å². The second-order valence-corrected chi connectivity index (χ2v) is 6.36. The third-order valence-electron chi connectivity index (χ3n) is 4.72. The van der Waals surface area contributed by atoms with Gasteiger partial charge in [-0.25, -0.2) is 14.8 Å². The molecule has 7 heteroatoms. The Hall–Kier alpha value is -2.44. The van der Waals surface area contributed by atoms with Gasteiger partial charge in [0.05, 0.1) is 25.4 Å². The van der Waals surface area contributed by atoms with Gasteiger partial charge in [-0.05, 0) is 25.2 Å². The highest BCUT2D eigenvalue weighted by atomic mass is 16.5. The Balaban J connectivity index is 1.48. The number of esters is 1. The molecule has 120 valence electrons. The molecule has 0 radical (unpaired) electrons. The van der Waals surface area contributed by atoms with Crippen LogP contribution in [0.25, 0.3) is 0 Å². The number of fused-ring (bicyclic) bond motifs is 1. The van der Waals surface area contributed by atoms with Crippen LogP contribution in [-0.4, -0.2) is 45.9 Å². The van der Waals surface area contributed by atoms with E-state index in [1.54, 1.807) is 10.9 Å². The molecular formula is C16H19N5O2. The molecule has 23 heavy (non-hydrogen) atoms. The lowest BCUT2D eigenvalue weighted by atomic mass is 10.2. The summed E-state index contributed by atoms with van der Waals surface area (Å²) in [4.78, 5) is 22.9. The molecule has 7 nitrogen and oxygen atoms in total. The lowest BCUT2D eigenvalue weighted by Gasteiger charge is -2.18. The monoisotopic (exact) mass is 313 g/mol. The van der Waals surface area contributed by atoms with Crippen LogP contribution in [0.15, 0.2) is 18.6 Å². The van der Waals surface area contributed by atoms with E-state index in [-0.39, 0.29) is 5.97 Å². The van der Waals surface area contributed by atoms with E-state index < -0.39 is 0 Å². The largest absolute Gasteiger partial charge is 0.465 e. The minimum atomic E-state index is -0.382. The van der Waals surface area contributed by atoms with Gasteiger partial charge in [0.1, 0.15) is 0 Å². The van der Waals surface area contributed by atoms with Crippen molar-refractivity contribution in [1.82, 2.24) is 19.7 Å². The fourth-order valence-electron chi connectivity index (χ4n) is 3.20. The minimum absolute atomic E-state index is 0.382. The smallest absolute Gasteiger partial charge is 0.341 e. The fraction of sp³-hybridized carbons (Fsp3) is 0.500. The third-order valence-corrected chi connectivity index (χ3v) is 4.72. The highest BCUT2D eigenvalue weighted by Crippen LogP contribution is 2.45. The topological polar surface area (TPSA) is 73.1 Å². The van der Waals surface area contributed by atoms with Gasteiger partial charge in [0.15, 0.2) is 0 Å². The molecule has 1 aliphatic heterocycles. The summed E-state index contributed by atoms with van der Waals surface area (Å²) in [6.07, 6.45) is 6.41. The van der Waals surface area contributed by atoms with Gasteiger partial charge in [-0.15, -0.1) is 0 Å². The molecular weight excluding hydrogens is 294 g/mol. The quantitative estimate of drug-likeness (QED) is 0.792. The van der Waals surface area contributed by atoms with Crippen molar-refractivity contribution in [3.8, 4) is 0 Å². The van der Waals surface area contributed by atoms with E-state index in [0.717, 1.165) is 42.1 Å². The first-order valence-electron chi connectivity index (χ1n) is 7.82. The van der Waals surface area contributed by atoms with Crippen LogP contribution >= 0.6 is 0 Å². The number of rotatable bonds is 4. The summed E-state index contributed by atoms with van der Waals surface area (Å²) in [5.74, 6) is 2.17. The summed E-state index contributed by atoms with van der Waals surface area (Å²) in [7, 11) is 1.36. The zero-order valence-corrected chi connectivity index (χ0v) is 13.3. The highest BCUT2D eigenvalue weighted by Gasteiger charge is 2.45. The van der Waals surface area contributed by atoms with Crippen LogP contribution in [-0.2, 0) is 11.3 Å². The maximum atomic E-state index is 11.5. The first kappa shape index (κ1) is 14.2. The SMILES string of the molecule is COC(=O)c1cnn(Cc2cnc(N3CC4CC4C3)nc2C)c1. The number of hydrogen-bond donors (Lipinski definition) is 0. The van der Waals surface area contributed by atoms with Crippen LogP contribution in [0.1, 0.15) is 28.0 Å². The molecule has 0 N–H and O–H groups in total. The number of aryl methyl sites for hydroxylation is 1. The molecule has 1 saturated heterocycles. The molecule has 0 aromatic carbocycles. The third kappa shape index (κ3) is 2.67. The molecule has 2 unspecified atom stereocenters. The van der Waals surface area contributed by atoms with E-state index in [9.17, 15) is 4.79 Å². The number of anilines is 1. The second kappa shape index (κ2) is 5.33. The molecule has 0 bridgehead atoms. The van der Waals surface area contributed by atoms with Crippen molar-refractivity contribution in [2.24, 2.45) is 11.8 Å². The molecule has 2 atom stereocenters. The molecule has 2 aliphatic rings. The van der Waals surface area contributed by atoms with Crippen LogP contribution < -0.4 is 4.90 Å². The van der Waals surface area contributed by atoms with Gasteiger partial charge in [-0.2, -0.15) is 5.10 Å². The Morgan fingerprint density at radius 2 is 2.13 bits per heavy atom. The average molecular weight is 313 g/mol. The maximum absolute atomic E-state index is 11.5. The van der Waals surface area contributed by atoms with Crippen molar-refractivity contribution in [3.05, 3.63) is 35.4 Å². The van der Waals surface area contributed by atoms with Crippen LogP contribution in [0.5, 0.6) is 0 Å². The maximum Gasteiger partial charge on any atom is 0.341 e. The van der Waals surface area contributed by atoms with E-state index in [4.69, 9.17) is 0 Å². The summed E-state index contributed by atoms with van der Waals surface area (Å²) in [6, 6.07) is 0. The number of ether oxygens (including phenoxy) is 1. The summed E-state index contributed by atoms with van der Waals surface area (Å²) in [6.45, 7) is 4.70. The summed E-state index contributed by atoms with van der Waals surface area (Å²) >= 11 is 0. The molecule has 4 rings (SSSR count). The number of carbonyl (C=O) groups is 1. The van der Waals surface area contributed by atoms with Gasteiger partial charge in [-0.1, -0.05) is 0 Å². The summed E-state index contributed by atoms with van der Waals surface area (Å²) < 4.78 is 6.38. The molecule has 2 fully saturated rings. The van der Waals surface area contributed by atoms with E-state index >= 15 is 0 Å². The number of nitrogens with zero attached hydrogens (tertiary/aromatic N) is 5. The Bertz CT molecular complexity index is 747. The molecule has 1 aliphatic carbocycles. The predicted molar refractivity (Wildman–Crippen MR) is 83.2 cm³/mol. The van der Waals surface area contributed by atoms with E-state index in [1.807, 2.05) is 13.1 Å². The lowest BCUT2D eigenvalue weighted by molar-refractivity contribution is 0.0600. The van der Waals surface area contributed by atoms with Crippen LogP contribution in [0.4, 0.5) is 5.95 Å². The van der Waals surface area contributed by atoms with E-state index in [1.165, 1.54) is 19.7 Å². The molecule has 3 heterocycles. The number of piperidine rings is 1. The predicted octanol–water partition coefficient (Wildman–Crippen LogP) is 1.27. The zero-order valence-electron chi connectivity index (χ0n) is 13.3. The van der Waals surface area contributed by atoms with Crippen LogP contribution in [0.3, 0.4) is 0 Å². The number of aromatic nitrogens is 4. The molecule has 1 saturated carbocycles. The average Bonchev–Trinajstić information content (AvgIpc) is 2.98. The van der Waals surface area contributed by atoms with Crippen molar-refractivity contribution in [2.45, 2.75) is 19.9 Å². The first-order chi connectivity index (χ1) is 11.1. The Morgan fingerprint density at radius 1 is 1.35 bits per heavy atom. The standard InChI is InChI=1S/C16H19N5O2/c1-10-13(8-21-9-14(5-18-21)15(22)23-2)4-17-16(19-10)20-6-11-3-12(11)7-20/h4-5,9,11-12H,3,6-8H2,1-2H3. The fourth-order valence-corrected chi connectivity index (χ4v) is 3.20. The van der Waals surface area contributed by atoms with Gasteiger partial charge in [0.25, 0.3) is 0 Å². The Labute approximate surface area is 134 Å². The summed E-state index contributed by atoms with van der Waals surface area (Å²) in [5.41, 5.74) is 2.39. The Kier molecular flexibility index (Phi) is 3.28. The van der Waals surface area contributed by atoms with Crippen molar-refractivity contribution < 1.29 is 9.53 Å². The first-order valence-corrected chi connectivity index (χ1v) is 7.82. The van der Waals surface area contributed by atoms with Crippen molar-refractivity contribution >= 4 is 11.9 Å². The van der Waals surface area contributed by atoms with Gasteiger partial charge >= 0.3 is 5.97 Å². The normalized spacial score (nSPS) is 22.1. The van der Waals surface area contributed by atoms with Crippen LogP contribution in [0, 0.1) is 18.8 Å². The zero-order chi connectivity index (χ0) is 16.0. The molecule has 0 amide bonds. The second-order valence-electron chi connectivity index (χ2n) is 6.36. The number of hydrogen-bond acceptors (Lipinski definition) is 6. The highest BCUT2D eigenvalue weighted by molar-refractivity contribution is 5.88. The van der Waals surface area contributed by atoms with Gasteiger partial charge in [0.2, 0.25) is 5.95 Å². The lowest BCUT2D eigenvalue weighted by Crippen LogP contribution is -2.24. The minimum Gasteiger partial charge on any atom is -0.465 e. The van der Waals surface area contributed by atoms with Crippen LogP contribution in [0.2, 0.25) is 0 Å². The summed E-state index contributed by atoms with van der Waals surface area (Å²) in [5, 5.41) is 4.19. The molecule has 0 spiro atoms. The van der Waals surface area contributed by atoms with E-state index in [0.29, 0.717) is 12.1 Å². The van der Waals surface area contributed by atoms with Gasteiger partial charge < -0.3 is 9.64 Å². The molecule has 2 aromatic rings. The Morgan fingerprint density at radius 3 is 2.83 bits per heavy atom.